The molecule has 67 heavy (non-hydrogen) atoms. The molecule has 14 aromatic rings. The van der Waals surface area contributed by atoms with Gasteiger partial charge in [-0.25, -0.2) is 9.97 Å². The van der Waals surface area contributed by atoms with E-state index in [0.29, 0.717) is 5.82 Å². The summed E-state index contributed by atoms with van der Waals surface area (Å²) >= 11 is 1.87. The Kier molecular flexibility index (Phi) is 8.35. The van der Waals surface area contributed by atoms with Gasteiger partial charge < -0.3 is 9.13 Å². The predicted octanol–water partition coefficient (Wildman–Crippen LogP) is 15.6. The molecule has 0 fully saturated rings. The second-order valence-electron chi connectivity index (χ2n) is 17.1. The summed E-state index contributed by atoms with van der Waals surface area (Å²) in [5.74, 6) is 0.660. The van der Waals surface area contributed by atoms with Gasteiger partial charge >= 0.3 is 0 Å². The molecular weight excluding hydrogens is 837 g/mol. The first-order valence-electron chi connectivity index (χ1n) is 22.4. The molecule has 0 aliphatic rings. The summed E-state index contributed by atoms with van der Waals surface area (Å²) in [6.07, 6.45) is 7.68. The zero-order valence-corrected chi connectivity index (χ0v) is 36.7. The molecule has 14 rings (SSSR count). The Hall–Kier alpha value is -8.78. The minimum atomic E-state index is 0.660. The number of hydrogen-bond donors (Lipinski definition) is 0. The van der Waals surface area contributed by atoms with E-state index >= 15 is 0 Å². The van der Waals surface area contributed by atoms with Crippen molar-refractivity contribution < 1.29 is 0 Å². The number of fused-ring (bicyclic) bond motifs is 11. The van der Waals surface area contributed by atoms with Crippen LogP contribution in [0.25, 0.3) is 131 Å². The highest BCUT2D eigenvalue weighted by atomic mass is 32.1. The minimum Gasteiger partial charge on any atom is -0.308 e. The van der Waals surface area contributed by atoms with Gasteiger partial charge in [0.15, 0.2) is 5.82 Å². The van der Waals surface area contributed by atoms with E-state index in [0.717, 1.165) is 72.3 Å². The molecule has 0 radical (unpaired) electrons. The third-order valence-electron chi connectivity index (χ3n) is 13.3. The third-order valence-corrected chi connectivity index (χ3v) is 14.5. The number of rotatable bonds is 6. The van der Waals surface area contributed by atoms with Gasteiger partial charge in [0, 0.05) is 87.7 Å². The Morgan fingerprint density at radius 2 is 0.910 bits per heavy atom. The largest absolute Gasteiger partial charge is 0.308 e. The average molecular weight is 873 g/mol. The Bertz CT molecular complexity index is 4040. The third kappa shape index (κ3) is 5.95. The van der Waals surface area contributed by atoms with Crippen LogP contribution in [0.3, 0.4) is 0 Å². The molecule has 0 saturated carbocycles. The fourth-order valence-electron chi connectivity index (χ4n) is 10.3. The number of benzene rings is 8. The van der Waals surface area contributed by atoms with Crippen molar-refractivity contribution in [3.63, 3.8) is 0 Å². The molecule has 6 nitrogen and oxygen atoms in total. The van der Waals surface area contributed by atoms with Crippen LogP contribution in [-0.2, 0) is 0 Å². The topological polar surface area (TPSA) is 61.4 Å². The first-order chi connectivity index (χ1) is 33.2. The highest BCUT2D eigenvalue weighted by Crippen LogP contribution is 2.45. The lowest BCUT2D eigenvalue weighted by Crippen LogP contribution is -2.02. The lowest BCUT2D eigenvalue weighted by Gasteiger charge is -2.16. The normalized spacial score (nSPS) is 11.9. The van der Waals surface area contributed by atoms with E-state index < -0.39 is 0 Å². The molecular formula is C60H36N6S. The molecule has 6 aromatic heterocycles. The van der Waals surface area contributed by atoms with E-state index in [2.05, 4.69) is 195 Å². The molecule has 6 heterocycles. The van der Waals surface area contributed by atoms with Gasteiger partial charge in [0.1, 0.15) is 0 Å². The van der Waals surface area contributed by atoms with Gasteiger partial charge in [-0.1, -0.05) is 133 Å². The van der Waals surface area contributed by atoms with Gasteiger partial charge in [0.05, 0.1) is 45.8 Å². The second-order valence-corrected chi connectivity index (χ2v) is 18.1. The van der Waals surface area contributed by atoms with Gasteiger partial charge in [0.25, 0.3) is 0 Å². The van der Waals surface area contributed by atoms with E-state index in [1.54, 1.807) is 0 Å². The number of para-hydroxylation sites is 2. The molecule has 0 N–H and O–H groups in total. The molecule has 0 aliphatic heterocycles. The van der Waals surface area contributed by atoms with Gasteiger partial charge in [-0.2, -0.15) is 0 Å². The van der Waals surface area contributed by atoms with Crippen LogP contribution in [0.1, 0.15) is 0 Å². The van der Waals surface area contributed by atoms with Crippen LogP contribution in [0.5, 0.6) is 0 Å². The number of nitrogens with zero attached hydrogens (tertiary/aromatic N) is 6. The first kappa shape index (κ1) is 37.6. The van der Waals surface area contributed by atoms with E-state index in [4.69, 9.17) is 9.97 Å². The smallest absolute Gasteiger partial charge is 0.160 e. The van der Waals surface area contributed by atoms with Crippen molar-refractivity contribution in [2.45, 2.75) is 0 Å². The molecule has 0 atom stereocenters. The number of aromatic nitrogens is 6. The van der Waals surface area contributed by atoms with E-state index in [-0.39, 0.29) is 0 Å². The van der Waals surface area contributed by atoms with Crippen LogP contribution in [0.2, 0.25) is 0 Å². The van der Waals surface area contributed by atoms with E-state index in [1.165, 1.54) is 52.8 Å². The van der Waals surface area contributed by atoms with Gasteiger partial charge in [-0.3, -0.25) is 9.97 Å². The molecule has 0 amide bonds. The molecule has 0 unspecified atom stereocenters. The zero-order chi connectivity index (χ0) is 44.0. The Labute approximate surface area is 388 Å². The quantitative estimate of drug-likeness (QED) is 0.167. The van der Waals surface area contributed by atoms with E-state index in [1.807, 2.05) is 54.3 Å². The van der Waals surface area contributed by atoms with Crippen LogP contribution in [0.4, 0.5) is 0 Å². The Morgan fingerprint density at radius 3 is 1.58 bits per heavy atom. The van der Waals surface area contributed by atoms with Crippen LogP contribution in [0.15, 0.2) is 219 Å². The summed E-state index contributed by atoms with van der Waals surface area (Å²) in [6, 6.07) is 69.4. The SMILES string of the molecule is c1ccc(-c2nc(-c3ccc(-c4cc5ccccc5c5c4sc4ccccc45)cc3)cc(-c3cc(-n4c5ccccc5c5ccncc54)cc(-n4c5ccccc5c5ccncc54)c3)n2)cc1. The number of hydrogen-bond acceptors (Lipinski definition) is 5. The van der Waals surface area contributed by atoms with Crippen LogP contribution in [0, 0.1) is 0 Å². The van der Waals surface area contributed by atoms with Crippen molar-refractivity contribution in [1.82, 2.24) is 29.1 Å². The number of thiophene rings is 1. The summed E-state index contributed by atoms with van der Waals surface area (Å²) in [6.45, 7) is 0. The molecule has 7 heteroatoms. The van der Waals surface area contributed by atoms with Gasteiger partial charge in [-0.15, -0.1) is 11.3 Å². The van der Waals surface area contributed by atoms with Crippen molar-refractivity contribution >= 4 is 85.9 Å². The fraction of sp³-hybridized carbons (Fsp3) is 0. The summed E-state index contributed by atoms with van der Waals surface area (Å²) in [5, 5.41) is 9.78. The summed E-state index contributed by atoms with van der Waals surface area (Å²) < 4.78 is 7.26. The van der Waals surface area contributed by atoms with Crippen molar-refractivity contribution in [2.24, 2.45) is 0 Å². The average Bonchev–Trinajstić information content (AvgIpc) is 4.07. The van der Waals surface area contributed by atoms with Gasteiger partial charge in [0.2, 0.25) is 0 Å². The molecule has 0 aliphatic carbocycles. The van der Waals surface area contributed by atoms with Crippen LogP contribution in [-0.4, -0.2) is 29.1 Å². The summed E-state index contributed by atoms with van der Waals surface area (Å²) in [5.41, 5.74) is 13.2. The minimum absolute atomic E-state index is 0.660. The summed E-state index contributed by atoms with van der Waals surface area (Å²) in [7, 11) is 0. The maximum absolute atomic E-state index is 5.39. The van der Waals surface area contributed by atoms with Crippen molar-refractivity contribution in [3.8, 4) is 56.4 Å². The Balaban J connectivity index is 0.990. The Morgan fingerprint density at radius 1 is 0.373 bits per heavy atom. The lowest BCUT2D eigenvalue weighted by molar-refractivity contribution is 1.12. The lowest BCUT2D eigenvalue weighted by atomic mass is 9.96. The molecule has 0 saturated heterocycles. The van der Waals surface area contributed by atoms with Gasteiger partial charge in [-0.05, 0) is 77.0 Å². The fourth-order valence-corrected chi connectivity index (χ4v) is 11.5. The highest BCUT2D eigenvalue weighted by molar-refractivity contribution is 7.26. The molecule has 312 valence electrons. The molecule has 0 bridgehead atoms. The predicted molar refractivity (Wildman–Crippen MR) is 278 cm³/mol. The second kappa shape index (κ2) is 14.9. The molecule has 8 aromatic carbocycles. The standard InChI is InChI=1S/C60H36N6S/c1-2-12-39(13-3-1)60-63-51(38-24-22-37(23-25-38)50-32-40-14-4-5-15-44(40)58-49-18-8-11-21-57(49)67-59(50)58)34-52(64-60)41-30-42(65-53-19-9-6-16-45(53)47-26-28-61-35-55(47)65)33-43(31-41)66-54-20-10-7-17-46(54)48-27-29-62-36-56(48)66/h1-36H. The molecule has 0 spiro atoms. The van der Waals surface area contributed by atoms with Crippen molar-refractivity contribution in [2.75, 3.05) is 0 Å². The highest BCUT2D eigenvalue weighted by Gasteiger charge is 2.20. The first-order valence-corrected chi connectivity index (χ1v) is 23.2. The van der Waals surface area contributed by atoms with Crippen molar-refractivity contribution in [1.29, 1.82) is 0 Å². The monoisotopic (exact) mass is 872 g/mol. The maximum atomic E-state index is 5.39. The van der Waals surface area contributed by atoms with Crippen LogP contribution >= 0.6 is 11.3 Å². The van der Waals surface area contributed by atoms with E-state index in [9.17, 15) is 0 Å². The maximum Gasteiger partial charge on any atom is 0.160 e. The van der Waals surface area contributed by atoms with Crippen LogP contribution < -0.4 is 0 Å². The zero-order valence-electron chi connectivity index (χ0n) is 35.9. The summed E-state index contributed by atoms with van der Waals surface area (Å²) in [4.78, 5) is 19.9. The van der Waals surface area contributed by atoms with Crippen molar-refractivity contribution in [3.05, 3.63) is 219 Å². The number of pyridine rings is 2.